The summed E-state index contributed by atoms with van der Waals surface area (Å²) in [5, 5.41) is 0. The minimum Gasteiger partial charge on any atom is -0.461 e. The number of amides is 1. The van der Waals surface area contributed by atoms with Crippen LogP contribution in [-0.2, 0) is 9.47 Å². The Morgan fingerprint density at radius 1 is 1.23 bits per heavy atom. The van der Waals surface area contributed by atoms with E-state index in [9.17, 15) is 9.59 Å². The number of carbonyl (C=O) groups is 2. The van der Waals surface area contributed by atoms with E-state index in [4.69, 9.17) is 14.5 Å². The Kier molecular flexibility index (Phi) is 5.38. The fourth-order valence-electron chi connectivity index (χ4n) is 3.99. The van der Waals surface area contributed by atoms with Crippen molar-refractivity contribution in [3.63, 3.8) is 0 Å². The van der Waals surface area contributed by atoms with Crippen LogP contribution in [0.2, 0.25) is 0 Å². The Bertz CT molecular complexity index is 964. The molecule has 1 aliphatic carbocycles. The number of esters is 1. The molecule has 7 nitrogen and oxygen atoms in total. The fourth-order valence-corrected chi connectivity index (χ4v) is 4.26. The van der Waals surface area contributed by atoms with Gasteiger partial charge in [-0.25, -0.2) is 14.6 Å². The number of rotatable bonds is 4. The summed E-state index contributed by atoms with van der Waals surface area (Å²) >= 11 is 3.43. The molecule has 1 saturated heterocycles. The summed E-state index contributed by atoms with van der Waals surface area (Å²) in [6, 6.07) is 7.51. The summed E-state index contributed by atoms with van der Waals surface area (Å²) in [6.07, 6.45) is 1.46. The Balaban J connectivity index is 1.70. The normalized spacial score (nSPS) is 22.6. The minimum absolute atomic E-state index is 0.178. The number of hydrogen-bond acceptors (Lipinski definition) is 5. The van der Waals surface area contributed by atoms with E-state index < -0.39 is 11.6 Å². The van der Waals surface area contributed by atoms with Gasteiger partial charge in [-0.05, 0) is 58.6 Å². The molecule has 2 heterocycles. The monoisotopic (exact) mass is 475 g/mol. The van der Waals surface area contributed by atoms with E-state index in [1.807, 2.05) is 45.0 Å². The first-order valence-corrected chi connectivity index (χ1v) is 11.0. The number of piperidine rings is 1. The molecule has 4 rings (SSSR count). The van der Waals surface area contributed by atoms with Crippen LogP contribution < -0.4 is 0 Å². The van der Waals surface area contributed by atoms with Gasteiger partial charge in [-0.15, -0.1) is 0 Å². The van der Waals surface area contributed by atoms with Crippen molar-refractivity contribution in [1.82, 2.24) is 14.9 Å². The zero-order chi connectivity index (χ0) is 21.6. The molecule has 8 heteroatoms. The van der Waals surface area contributed by atoms with E-state index in [0.717, 1.165) is 22.9 Å². The van der Waals surface area contributed by atoms with Gasteiger partial charge in [0, 0.05) is 16.1 Å². The quantitative estimate of drug-likeness (QED) is 0.622. The lowest BCUT2D eigenvalue weighted by molar-refractivity contribution is 0.0175. The van der Waals surface area contributed by atoms with Crippen LogP contribution in [0.25, 0.3) is 11.3 Å². The van der Waals surface area contributed by atoms with Crippen molar-refractivity contribution >= 4 is 28.0 Å². The van der Waals surface area contributed by atoms with Crippen molar-refractivity contribution in [3.05, 3.63) is 40.3 Å². The molecular formula is C22H26BrN3O4. The van der Waals surface area contributed by atoms with Crippen LogP contribution in [0.3, 0.4) is 0 Å². The smallest absolute Gasteiger partial charge is 0.411 e. The molecule has 0 bridgehead atoms. The second-order valence-corrected chi connectivity index (χ2v) is 9.69. The van der Waals surface area contributed by atoms with E-state index in [-0.39, 0.29) is 24.8 Å². The highest BCUT2D eigenvalue weighted by atomic mass is 79.9. The molecule has 1 aromatic carbocycles. The van der Waals surface area contributed by atoms with Gasteiger partial charge in [0.15, 0.2) is 5.69 Å². The van der Waals surface area contributed by atoms with E-state index in [1.54, 1.807) is 11.8 Å². The van der Waals surface area contributed by atoms with E-state index in [2.05, 4.69) is 20.9 Å². The van der Waals surface area contributed by atoms with Gasteiger partial charge in [0.2, 0.25) is 0 Å². The summed E-state index contributed by atoms with van der Waals surface area (Å²) in [6.45, 7) is 7.61. The lowest BCUT2D eigenvalue weighted by atomic mass is 10.1. The van der Waals surface area contributed by atoms with Crippen LogP contribution in [0.1, 0.15) is 62.9 Å². The number of H-pyrrole nitrogens is 1. The van der Waals surface area contributed by atoms with Crippen LogP contribution in [-0.4, -0.2) is 45.2 Å². The van der Waals surface area contributed by atoms with Crippen molar-refractivity contribution in [2.75, 3.05) is 6.61 Å². The Morgan fingerprint density at radius 2 is 1.93 bits per heavy atom. The van der Waals surface area contributed by atoms with Crippen molar-refractivity contribution in [2.24, 2.45) is 5.92 Å². The van der Waals surface area contributed by atoms with Gasteiger partial charge in [-0.3, -0.25) is 4.90 Å². The first-order valence-electron chi connectivity index (χ1n) is 10.2. The maximum Gasteiger partial charge on any atom is 0.411 e. The van der Waals surface area contributed by atoms with Gasteiger partial charge in [-0.2, -0.15) is 0 Å². The molecule has 2 aliphatic rings. The summed E-state index contributed by atoms with van der Waals surface area (Å²) in [5.41, 5.74) is 1.06. The molecule has 160 valence electrons. The summed E-state index contributed by atoms with van der Waals surface area (Å²) in [5.74, 6) is 0.588. The number of imidazole rings is 1. The molecule has 1 amide bonds. The first kappa shape index (κ1) is 20.9. The number of likely N-dealkylation sites (tertiary alicyclic amines) is 1. The zero-order valence-electron chi connectivity index (χ0n) is 17.6. The van der Waals surface area contributed by atoms with Crippen LogP contribution in [0, 0.1) is 5.92 Å². The van der Waals surface area contributed by atoms with Crippen LogP contribution >= 0.6 is 15.9 Å². The Morgan fingerprint density at radius 3 is 2.57 bits per heavy atom. The van der Waals surface area contributed by atoms with Crippen LogP contribution in [0.4, 0.5) is 4.79 Å². The SMILES string of the molecule is CCOC(=O)c1[nH]c([C@@H]2C[C@H]3C[C@H]3N2C(=O)OC(C)(C)C)nc1-c1ccc(Br)cc1. The topological polar surface area (TPSA) is 84.5 Å². The number of fused-ring (bicyclic) bond motifs is 1. The largest absolute Gasteiger partial charge is 0.461 e. The van der Waals surface area contributed by atoms with Crippen LogP contribution in [0.15, 0.2) is 28.7 Å². The van der Waals surface area contributed by atoms with Crippen molar-refractivity contribution in [3.8, 4) is 11.3 Å². The van der Waals surface area contributed by atoms with Gasteiger partial charge in [0.05, 0.1) is 12.6 Å². The molecule has 2 fully saturated rings. The third kappa shape index (κ3) is 4.10. The molecule has 0 radical (unpaired) electrons. The molecule has 0 unspecified atom stereocenters. The summed E-state index contributed by atoms with van der Waals surface area (Å²) in [4.78, 5) is 35.2. The molecular weight excluding hydrogens is 450 g/mol. The Hall–Kier alpha value is -2.35. The van der Waals surface area contributed by atoms with Gasteiger partial charge in [0.25, 0.3) is 0 Å². The molecule has 0 spiro atoms. The molecule has 1 aromatic heterocycles. The van der Waals surface area contributed by atoms with E-state index >= 15 is 0 Å². The summed E-state index contributed by atoms with van der Waals surface area (Å²) < 4.78 is 11.8. The maximum absolute atomic E-state index is 12.9. The number of carbonyl (C=O) groups excluding carboxylic acids is 2. The van der Waals surface area contributed by atoms with E-state index in [1.165, 1.54) is 0 Å². The predicted molar refractivity (Wildman–Crippen MR) is 115 cm³/mol. The van der Waals surface area contributed by atoms with Crippen molar-refractivity contribution < 1.29 is 19.1 Å². The lowest BCUT2D eigenvalue weighted by Crippen LogP contribution is -2.38. The molecule has 3 atom stereocenters. The maximum atomic E-state index is 12.9. The van der Waals surface area contributed by atoms with Crippen LogP contribution in [0.5, 0.6) is 0 Å². The van der Waals surface area contributed by atoms with Gasteiger partial charge in [0.1, 0.15) is 17.1 Å². The molecule has 1 aliphatic heterocycles. The van der Waals surface area contributed by atoms with E-state index in [0.29, 0.717) is 23.1 Å². The molecule has 1 N–H and O–H groups in total. The lowest BCUT2D eigenvalue weighted by Gasteiger charge is -2.29. The standard InChI is InChI=1S/C22H26BrN3O4/c1-5-29-20(27)18-17(12-6-8-14(23)9-7-12)24-19(25-18)16-11-13-10-15(13)26(16)21(28)30-22(2,3)4/h6-9,13,15-16H,5,10-11H2,1-4H3,(H,24,25)/t13-,15-,16+/m1/s1. The Labute approximate surface area is 184 Å². The highest BCUT2D eigenvalue weighted by molar-refractivity contribution is 9.10. The second-order valence-electron chi connectivity index (χ2n) is 8.78. The van der Waals surface area contributed by atoms with Crippen molar-refractivity contribution in [1.29, 1.82) is 0 Å². The third-order valence-electron chi connectivity index (χ3n) is 5.34. The van der Waals surface area contributed by atoms with Gasteiger partial charge >= 0.3 is 12.1 Å². The average molecular weight is 476 g/mol. The molecule has 30 heavy (non-hydrogen) atoms. The second kappa shape index (κ2) is 7.72. The molecule has 2 aromatic rings. The zero-order valence-corrected chi connectivity index (χ0v) is 19.2. The van der Waals surface area contributed by atoms with Gasteiger partial charge in [-0.1, -0.05) is 28.1 Å². The van der Waals surface area contributed by atoms with Gasteiger partial charge < -0.3 is 14.5 Å². The number of nitrogens with zero attached hydrogens (tertiary/aromatic N) is 2. The number of aromatic amines is 1. The molecule has 1 saturated carbocycles. The number of benzene rings is 1. The number of nitrogens with one attached hydrogen (secondary N) is 1. The van der Waals surface area contributed by atoms with Crippen molar-refractivity contribution in [2.45, 2.75) is 58.2 Å². The highest BCUT2D eigenvalue weighted by Gasteiger charge is 2.56. The average Bonchev–Trinajstić information content (AvgIpc) is 3.12. The summed E-state index contributed by atoms with van der Waals surface area (Å²) in [7, 11) is 0. The first-order chi connectivity index (χ1) is 14.2. The number of ether oxygens (including phenoxy) is 2. The third-order valence-corrected chi connectivity index (χ3v) is 5.87. The highest BCUT2D eigenvalue weighted by Crippen LogP contribution is 2.53. The number of aromatic nitrogens is 2. The fraction of sp³-hybridized carbons (Fsp3) is 0.500. The predicted octanol–water partition coefficient (Wildman–Crippen LogP) is 5.09. The number of hydrogen-bond donors (Lipinski definition) is 1. The number of halogens is 1. The minimum atomic E-state index is -0.573.